The van der Waals surface area contributed by atoms with Gasteiger partial charge in [0.05, 0.1) is 12.2 Å². The second-order valence-electron chi connectivity index (χ2n) is 4.86. The Morgan fingerprint density at radius 2 is 2.10 bits per heavy atom. The molecule has 0 spiro atoms. The molecular weight excluding hydrogens is 289 g/mol. The first-order chi connectivity index (χ1) is 10.0. The van der Waals surface area contributed by atoms with Gasteiger partial charge in [-0.2, -0.15) is 5.10 Å². The molecule has 6 heteroatoms. The van der Waals surface area contributed by atoms with E-state index in [9.17, 15) is 9.18 Å². The fourth-order valence-electron chi connectivity index (χ4n) is 1.74. The maximum absolute atomic E-state index is 12.8. The lowest BCUT2D eigenvalue weighted by Gasteiger charge is -2.11. The minimum Gasteiger partial charge on any atom is -0.350 e. The van der Waals surface area contributed by atoms with Gasteiger partial charge >= 0.3 is 0 Å². The first-order valence-electron chi connectivity index (χ1n) is 6.69. The van der Waals surface area contributed by atoms with E-state index in [1.807, 2.05) is 26.2 Å². The number of aromatic nitrogens is 2. The summed E-state index contributed by atoms with van der Waals surface area (Å²) in [6, 6.07) is 8.16. The van der Waals surface area contributed by atoms with Crippen LogP contribution in [0.1, 0.15) is 12.6 Å². The number of nitrogens with zero attached hydrogens (tertiary/aromatic N) is 2. The summed E-state index contributed by atoms with van der Waals surface area (Å²) in [5, 5.41) is 7.07. The van der Waals surface area contributed by atoms with E-state index in [2.05, 4.69) is 10.4 Å². The molecular formula is C15H18FN3OS. The molecule has 2 rings (SSSR count). The molecule has 21 heavy (non-hydrogen) atoms. The van der Waals surface area contributed by atoms with Crippen LogP contribution >= 0.6 is 11.8 Å². The molecule has 0 radical (unpaired) electrons. The quantitative estimate of drug-likeness (QED) is 0.835. The van der Waals surface area contributed by atoms with Crippen LogP contribution in [-0.2, 0) is 18.4 Å². The zero-order chi connectivity index (χ0) is 15.2. The predicted molar refractivity (Wildman–Crippen MR) is 81.3 cm³/mol. The Balaban J connectivity index is 1.75. The van der Waals surface area contributed by atoms with Crippen LogP contribution in [0.4, 0.5) is 4.39 Å². The number of halogens is 1. The number of thioether (sulfide) groups is 1. The molecule has 0 bridgehead atoms. The third kappa shape index (κ3) is 4.90. The third-order valence-electron chi connectivity index (χ3n) is 2.97. The van der Waals surface area contributed by atoms with Crippen molar-refractivity contribution in [1.29, 1.82) is 0 Å². The average Bonchev–Trinajstić information content (AvgIpc) is 2.89. The van der Waals surface area contributed by atoms with E-state index in [1.54, 1.807) is 28.6 Å². The lowest BCUT2D eigenvalue weighted by atomic mass is 10.2. The number of carbonyl (C=O) groups is 1. The average molecular weight is 307 g/mol. The molecule has 0 unspecified atom stereocenters. The van der Waals surface area contributed by atoms with Crippen LogP contribution in [0, 0.1) is 11.7 Å². The number of rotatable bonds is 6. The van der Waals surface area contributed by atoms with Crippen molar-refractivity contribution in [2.45, 2.75) is 18.4 Å². The van der Waals surface area contributed by atoms with Gasteiger partial charge < -0.3 is 5.32 Å². The van der Waals surface area contributed by atoms with E-state index in [-0.39, 0.29) is 17.6 Å². The van der Waals surface area contributed by atoms with Crippen molar-refractivity contribution in [3.63, 3.8) is 0 Å². The Labute approximate surface area is 127 Å². The second kappa shape index (κ2) is 7.26. The molecule has 1 amide bonds. The van der Waals surface area contributed by atoms with Gasteiger partial charge in [0.25, 0.3) is 0 Å². The zero-order valence-electron chi connectivity index (χ0n) is 12.0. The summed E-state index contributed by atoms with van der Waals surface area (Å²) in [6.45, 7) is 2.31. The molecule has 0 saturated heterocycles. The standard InChI is InChI=1S/C15H18FN3OS/c1-11(10-21-14-5-3-12(16)4-6-14)15(20)17-9-13-7-8-19(2)18-13/h3-8,11H,9-10H2,1-2H3,(H,17,20)/t11-/m1/s1. The van der Waals surface area contributed by atoms with Gasteiger partial charge in [-0.3, -0.25) is 9.48 Å². The van der Waals surface area contributed by atoms with Gasteiger partial charge in [0.2, 0.25) is 5.91 Å². The highest BCUT2D eigenvalue weighted by atomic mass is 32.2. The van der Waals surface area contributed by atoms with Crippen LogP contribution in [0.2, 0.25) is 0 Å². The van der Waals surface area contributed by atoms with E-state index >= 15 is 0 Å². The lowest BCUT2D eigenvalue weighted by Crippen LogP contribution is -2.30. The Bertz CT molecular complexity index is 597. The van der Waals surface area contributed by atoms with Crippen molar-refractivity contribution in [3.05, 3.63) is 48.0 Å². The summed E-state index contributed by atoms with van der Waals surface area (Å²) in [6.07, 6.45) is 1.84. The Kier molecular flexibility index (Phi) is 5.38. The van der Waals surface area contributed by atoms with Crippen LogP contribution < -0.4 is 5.32 Å². The van der Waals surface area contributed by atoms with Crippen molar-refractivity contribution in [2.24, 2.45) is 13.0 Å². The summed E-state index contributed by atoms with van der Waals surface area (Å²) < 4.78 is 14.5. The number of nitrogens with one attached hydrogen (secondary N) is 1. The molecule has 1 aromatic heterocycles. The molecule has 1 atom stereocenters. The highest BCUT2D eigenvalue weighted by molar-refractivity contribution is 7.99. The monoisotopic (exact) mass is 307 g/mol. The van der Waals surface area contributed by atoms with Crippen LogP contribution in [0.25, 0.3) is 0 Å². The highest BCUT2D eigenvalue weighted by Gasteiger charge is 2.13. The maximum atomic E-state index is 12.8. The largest absolute Gasteiger partial charge is 0.350 e. The first kappa shape index (κ1) is 15.6. The van der Waals surface area contributed by atoms with Crippen LogP contribution in [-0.4, -0.2) is 21.4 Å². The molecule has 112 valence electrons. The van der Waals surface area contributed by atoms with Crippen LogP contribution in [0.5, 0.6) is 0 Å². The van der Waals surface area contributed by atoms with Gasteiger partial charge in [-0.15, -0.1) is 11.8 Å². The van der Waals surface area contributed by atoms with Crippen LogP contribution in [0.15, 0.2) is 41.4 Å². The predicted octanol–water partition coefficient (Wildman–Crippen LogP) is 2.60. The highest BCUT2D eigenvalue weighted by Crippen LogP contribution is 2.21. The number of carbonyl (C=O) groups excluding carboxylic acids is 1. The van der Waals surface area contributed by atoms with E-state index in [0.717, 1.165) is 10.6 Å². The normalized spacial score (nSPS) is 12.1. The summed E-state index contributed by atoms with van der Waals surface area (Å²) >= 11 is 1.54. The summed E-state index contributed by atoms with van der Waals surface area (Å²) in [5.74, 6) is 0.277. The lowest BCUT2D eigenvalue weighted by molar-refractivity contribution is -0.124. The van der Waals surface area contributed by atoms with Crippen molar-refractivity contribution in [3.8, 4) is 0 Å². The number of aryl methyl sites for hydroxylation is 1. The molecule has 1 N–H and O–H groups in total. The fourth-order valence-corrected chi connectivity index (χ4v) is 2.66. The molecule has 2 aromatic rings. The molecule has 0 fully saturated rings. The third-order valence-corrected chi connectivity index (χ3v) is 4.25. The number of benzene rings is 1. The Morgan fingerprint density at radius 3 is 2.71 bits per heavy atom. The minimum atomic E-state index is -0.250. The number of hydrogen-bond acceptors (Lipinski definition) is 3. The van der Waals surface area contributed by atoms with Crippen molar-refractivity contribution < 1.29 is 9.18 Å². The molecule has 1 heterocycles. The fraction of sp³-hybridized carbons (Fsp3) is 0.333. The summed E-state index contributed by atoms with van der Waals surface area (Å²) in [4.78, 5) is 12.9. The summed E-state index contributed by atoms with van der Waals surface area (Å²) in [7, 11) is 1.84. The van der Waals surface area contributed by atoms with Gasteiger partial charge in [0, 0.05) is 29.8 Å². The van der Waals surface area contributed by atoms with Crippen molar-refractivity contribution in [1.82, 2.24) is 15.1 Å². The van der Waals surface area contributed by atoms with Gasteiger partial charge in [0.1, 0.15) is 5.82 Å². The van der Waals surface area contributed by atoms with Gasteiger partial charge in [-0.25, -0.2) is 4.39 Å². The first-order valence-corrected chi connectivity index (χ1v) is 7.68. The summed E-state index contributed by atoms with van der Waals surface area (Å²) in [5.41, 5.74) is 0.837. The van der Waals surface area contributed by atoms with E-state index in [0.29, 0.717) is 12.3 Å². The molecule has 0 aliphatic carbocycles. The molecule has 0 aliphatic heterocycles. The second-order valence-corrected chi connectivity index (χ2v) is 5.96. The van der Waals surface area contributed by atoms with E-state index in [1.165, 1.54) is 12.1 Å². The number of amides is 1. The maximum Gasteiger partial charge on any atom is 0.223 e. The number of hydrogen-bond donors (Lipinski definition) is 1. The zero-order valence-corrected chi connectivity index (χ0v) is 12.9. The SMILES string of the molecule is C[C@H](CSc1ccc(F)cc1)C(=O)NCc1ccn(C)n1. The van der Waals surface area contributed by atoms with Crippen molar-refractivity contribution in [2.75, 3.05) is 5.75 Å². The van der Waals surface area contributed by atoms with Gasteiger partial charge in [0.15, 0.2) is 0 Å². The smallest absolute Gasteiger partial charge is 0.223 e. The Morgan fingerprint density at radius 1 is 1.38 bits per heavy atom. The molecule has 0 saturated carbocycles. The van der Waals surface area contributed by atoms with E-state index in [4.69, 9.17) is 0 Å². The Hall–Kier alpha value is -1.82. The molecule has 4 nitrogen and oxygen atoms in total. The van der Waals surface area contributed by atoms with Crippen molar-refractivity contribution >= 4 is 17.7 Å². The molecule has 1 aromatic carbocycles. The van der Waals surface area contributed by atoms with Gasteiger partial charge in [-0.1, -0.05) is 6.92 Å². The van der Waals surface area contributed by atoms with E-state index < -0.39 is 0 Å². The topological polar surface area (TPSA) is 46.9 Å². The van der Waals surface area contributed by atoms with Crippen LogP contribution in [0.3, 0.4) is 0 Å². The van der Waals surface area contributed by atoms with Gasteiger partial charge in [-0.05, 0) is 30.3 Å². The molecule has 0 aliphatic rings. The minimum absolute atomic E-state index is 0.00438.